The Morgan fingerprint density at radius 2 is 1.69 bits per heavy atom. The van der Waals surface area contributed by atoms with Crippen molar-refractivity contribution in [2.75, 3.05) is 7.11 Å². The first-order valence-corrected chi connectivity index (χ1v) is 8.39. The fraction of sp³-hybridized carbons (Fsp3) is 0.190. The topological polar surface area (TPSA) is 87.0 Å². The lowest BCUT2D eigenvalue weighted by molar-refractivity contribution is 0.0965. The minimum Gasteiger partial charge on any atom is -0.507 e. The standard InChI is InChI=1S/C21H18O5/c1-26-18-4-2-3-14-15(22)8-6-12(19(14)18)11-5-9-16(23)20-13(11)7-10-17(24)21(20)25/h2-4,6-8,10-11,22,24-25H,5,9H2,1H3/t11-/m0/s1. The SMILES string of the molecule is COc1cccc2c(O)ccc([C@@H]3CCC(=O)c4c3ccc(O)c4O)c12. The summed E-state index contributed by atoms with van der Waals surface area (Å²) >= 11 is 0. The number of rotatable bonds is 2. The van der Waals surface area contributed by atoms with Crippen molar-refractivity contribution in [2.24, 2.45) is 0 Å². The Kier molecular flexibility index (Phi) is 3.72. The van der Waals surface area contributed by atoms with Crippen LogP contribution in [-0.4, -0.2) is 28.2 Å². The van der Waals surface area contributed by atoms with Crippen LogP contribution < -0.4 is 4.74 Å². The van der Waals surface area contributed by atoms with Gasteiger partial charge in [-0.05, 0) is 35.7 Å². The zero-order valence-electron chi connectivity index (χ0n) is 14.2. The molecule has 0 unspecified atom stereocenters. The highest BCUT2D eigenvalue weighted by Gasteiger charge is 2.32. The van der Waals surface area contributed by atoms with Gasteiger partial charge in [0, 0.05) is 23.1 Å². The normalized spacial score (nSPS) is 16.5. The molecule has 5 heteroatoms. The first kappa shape index (κ1) is 16.3. The number of phenols is 3. The van der Waals surface area contributed by atoms with Gasteiger partial charge in [0.2, 0.25) is 0 Å². The number of aromatic hydroxyl groups is 3. The number of carbonyl (C=O) groups is 1. The summed E-state index contributed by atoms with van der Waals surface area (Å²) in [6.07, 6.45) is 0.847. The molecule has 0 saturated carbocycles. The Morgan fingerprint density at radius 3 is 2.46 bits per heavy atom. The third-order valence-electron chi connectivity index (χ3n) is 5.11. The zero-order chi connectivity index (χ0) is 18.4. The van der Waals surface area contributed by atoms with Crippen molar-refractivity contribution < 1.29 is 24.9 Å². The highest BCUT2D eigenvalue weighted by Crippen LogP contribution is 2.47. The molecule has 3 aromatic rings. The molecule has 4 rings (SSSR count). The summed E-state index contributed by atoms with van der Waals surface area (Å²) in [6, 6.07) is 12.0. The van der Waals surface area contributed by atoms with Gasteiger partial charge in [-0.1, -0.05) is 24.3 Å². The van der Waals surface area contributed by atoms with E-state index < -0.39 is 0 Å². The molecular formula is C21H18O5. The highest BCUT2D eigenvalue weighted by molar-refractivity contribution is 6.03. The molecule has 0 aliphatic heterocycles. The predicted octanol–water partition coefficient (Wildman–Crippen LogP) is 4.07. The van der Waals surface area contributed by atoms with E-state index in [1.807, 2.05) is 24.3 Å². The van der Waals surface area contributed by atoms with E-state index in [-0.39, 0.29) is 40.9 Å². The second-order valence-corrected chi connectivity index (χ2v) is 6.47. The van der Waals surface area contributed by atoms with Gasteiger partial charge >= 0.3 is 0 Å². The van der Waals surface area contributed by atoms with Crippen LogP contribution in [-0.2, 0) is 0 Å². The Balaban J connectivity index is 2.02. The lowest BCUT2D eigenvalue weighted by Gasteiger charge is -2.27. The van der Waals surface area contributed by atoms with Crippen LogP contribution in [0.2, 0.25) is 0 Å². The molecule has 0 spiro atoms. The summed E-state index contributed by atoms with van der Waals surface area (Å²) in [7, 11) is 1.57. The first-order valence-electron chi connectivity index (χ1n) is 8.39. The van der Waals surface area contributed by atoms with Gasteiger partial charge < -0.3 is 20.1 Å². The fourth-order valence-electron chi connectivity index (χ4n) is 3.90. The van der Waals surface area contributed by atoms with Gasteiger partial charge in [-0.2, -0.15) is 0 Å². The van der Waals surface area contributed by atoms with Gasteiger partial charge in [-0.15, -0.1) is 0 Å². The van der Waals surface area contributed by atoms with Gasteiger partial charge in [-0.25, -0.2) is 0 Å². The molecule has 3 aromatic carbocycles. The average molecular weight is 350 g/mol. The minimum atomic E-state index is -0.368. The molecular weight excluding hydrogens is 332 g/mol. The number of ether oxygens (including phenoxy) is 1. The lowest BCUT2D eigenvalue weighted by Crippen LogP contribution is -2.17. The van der Waals surface area contributed by atoms with E-state index in [1.165, 1.54) is 6.07 Å². The van der Waals surface area contributed by atoms with Gasteiger partial charge in [0.05, 0.1) is 12.7 Å². The molecule has 1 aliphatic carbocycles. The quantitative estimate of drug-likeness (QED) is 0.606. The average Bonchev–Trinajstić information content (AvgIpc) is 2.65. The van der Waals surface area contributed by atoms with Crippen molar-refractivity contribution in [2.45, 2.75) is 18.8 Å². The van der Waals surface area contributed by atoms with E-state index >= 15 is 0 Å². The fourth-order valence-corrected chi connectivity index (χ4v) is 3.90. The van der Waals surface area contributed by atoms with E-state index in [1.54, 1.807) is 19.2 Å². The Bertz CT molecular complexity index is 1040. The number of ketones is 1. The summed E-state index contributed by atoms with van der Waals surface area (Å²) in [5, 5.41) is 31.7. The van der Waals surface area contributed by atoms with Gasteiger partial charge in [0.1, 0.15) is 11.5 Å². The van der Waals surface area contributed by atoms with Crippen molar-refractivity contribution in [3.63, 3.8) is 0 Å². The Morgan fingerprint density at radius 1 is 0.962 bits per heavy atom. The number of hydrogen-bond acceptors (Lipinski definition) is 5. The van der Waals surface area contributed by atoms with E-state index in [4.69, 9.17) is 4.74 Å². The molecule has 3 N–H and O–H groups in total. The zero-order valence-corrected chi connectivity index (χ0v) is 14.2. The van der Waals surface area contributed by atoms with E-state index in [2.05, 4.69) is 0 Å². The molecule has 0 aromatic heterocycles. The second-order valence-electron chi connectivity index (χ2n) is 6.47. The second kappa shape index (κ2) is 5.95. The third-order valence-corrected chi connectivity index (χ3v) is 5.11. The van der Waals surface area contributed by atoms with Crippen LogP contribution >= 0.6 is 0 Å². The molecule has 5 nitrogen and oxygen atoms in total. The largest absolute Gasteiger partial charge is 0.507 e. The number of benzene rings is 3. The Hall–Kier alpha value is -3.21. The first-order chi connectivity index (χ1) is 12.5. The number of phenolic OH excluding ortho intramolecular Hbond substituents is 3. The van der Waals surface area contributed by atoms with Crippen molar-refractivity contribution in [3.8, 4) is 23.0 Å². The van der Waals surface area contributed by atoms with Crippen LogP contribution in [0.25, 0.3) is 10.8 Å². The van der Waals surface area contributed by atoms with Gasteiger partial charge in [-0.3, -0.25) is 4.79 Å². The molecule has 0 bridgehead atoms. The lowest BCUT2D eigenvalue weighted by atomic mass is 9.76. The molecule has 26 heavy (non-hydrogen) atoms. The van der Waals surface area contributed by atoms with Crippen LogP contribution in [0.4, 0.5) is 0 Å². The molecule has 0 amide bonds. The van der Waals surface area contributed by atoms with Gasteiger partial charge in [0.25, 0.3) is 0 Å². The van der Waals surface area contributed by atoms with Crippen molar-refractivity contribution >= 4 is 16.6 Å². The molecule has 1 atom stereocenters. The number of Topliss-reactive ketones (excluding diaryl/α,β-unsaturated/α-hetero) is 1. The number of fused-ring (bicyclic) bond motifs is 2. The summed E-state index contributed by atoms with van der Waals surface area (Å²) in [5.41, 5.74) is 1.76. The van der Waals surface area contributed by atoms with Crippen LogP contribution in [0.1, 0.15) is 40.2 Å². The number of carbonyl (C=O) groups excluding carboxylic acids is 1. The number of hydrogen-bond donors (Lipinski definition) is 3. The van der Waals surface area contributed by atoms with Crippen molar-refractivity contribution in [1.82, 2.24) is 0 Å². The van der Waals surface area contributed by atoms with Crippen LogP contribution in [0.5, 0.6) is 23.0 Å². The van der Waals surface area contributed by atoms with Gasteiger partial charge in [0.15, 0.2) is 17.3 Å². The summed E-state index contributed by atoms with van der Waals surface area (Å²) in [6.45, 7) is 0. The molecule has 0 saturated heterocycles. The van der Waals surface area contributed by atoms with E-state index in [9.17, 15) is 20.1 Å². The molecule has 0 radical (unpaired) electrons. The summed E-state index contributed by atoms with van der Waals surface area (Å²) in [4.78, 5) is 12.3. The maximum absolute atomic E-state index is 12.3. The van der Waals surface area contributed by atoms with Crippen molar-refractivity contribution in [3.05, 3.63) is 59.2 Å². The predicted molar refractivity (Wildman–Crippen MR) is 97.3 cm³/mol. The maximum Gasteiger partial charge on any atom is 0.168 e. The number of methoxy groups -OCH3 is 1. The van der Waals surface area contributed by atoms with Crippen LogP contribution in [0, 0.1) is 0 Å². The smallest absolute Gasteiger partial charge is 0.168 e. The highest BCUT2D eigenvalue weighted by atomic mass is 16.5. The van der Waals surface area contributed by atoms with Crippen LogP contribution in [0.15, 0.2) is 42.5 Å². The summed E-state index contributed by atoms with van der Waals surface area (Å²) < 4.78 is 5.50. The minimum absolute atomic E-state index is 0.156. The summed E-state index contributed by atoms with van der Waals surface area (Å²) in [5.74, 6) is -0.218. The molecule has 0 fully saturated rings. The van der Waals surface area contributed by atoms with Crippen molar-refractivity contribution in [1.29, 1.82) is 0 Å². The molecule has 132 valence electrons. The van der Waals surface area contributed by atoms with E-state index in [0.717, 1.165) is 10.9 Å². The molecule has 1 aliphatic rings. The third kappa shape index (κ3) is 2.28. The maximum atomic E-state index is 12.3. The van der Waals surface area contributed by atoms with Crippen LogP contribution in [0.3, 0.4) is 0 Å². The molecule has 0 heterocycles. The van der Waals surface area contributed by atoms with E-state index in [0.29, 0.717) is 23.1 Å². The Labute approximate surface area is 150 Å². The monoisotopic (exact) mass is 350 g/mol.